The third-order valence-electron chi connectivity index (χ3n) is 7.05. The summed E-state index contributed by atoms with van der Waals surface area (Å²) in [6.45, 7) is 6.84. The highest BCUT2D eigenvalue weighted by atomic mass is 79.9. The average Bonchev–Trinajstić information content (AvgIpc) is 3.49. The molecule has 2 aliphatic carbocycles. The van der Waals surface area contributed by atoms with E-state index in [9.17, 15) is 9.59 Å². The van der Waals surface area contributed by atoms with E-state index < -0.39 is 5.60 Å². The number of halogens is 1. The maximum Gasteiger partial charge on any atom is 0.410 e. The third kappa shape index (κ3) is 4.28. The molecule has 2 amide bonds. The van der Waals surface area contributed by atoms with Crippen LogP contribution in [0.15, 0.2) is 22.8 Å². The van der Waals surface area contributed by atoms with E-state index in [2.05, 4.69) is 43.4 Å². The SMILES string of the molecule is CC(C)(C)OC(=O)N1CCCC(c2nc3ncc(Br)c(N[C@H]4[C@H](C(N)=O)[C@@H]5C=C[C@@H]4C5)c3[nH]2)C1. The Hall–Kier alpha value is -2.62. The van der Waals surface area contributed by atoms with Crippen LogP contribution in [0.25, 0.3) is 11.2 Å². The standard InChI is InChI=1S/C24H31BrN6O3/c1-24(2,3)34-23(33)31-8-4-5-14(11-31)21-29-19-18(15(25)10-27-22(19)30-21)28-17-13-7-6-12(9-13)16(17)20(26)32/h6-7,10,12-14,16-17H,4-5,8-9,11H2,1-3H3,(H2,26,32)(H2,27,28,29,30)/t12-,13-,14?,16-,17-/m1/s1. The molecule has 1 saturated heterocycles. The monoisotopic (exact) mass is 530 g/mol. The number of ether oxygens (including phenoxy) is 1. The number of fused-ring (bicyclic) bond motifs is 3. The predicted molar refractivity (Wildman–Crippen MR) is 132 cm³/mol. The van der Waals surface area contributed by atoms with Gasteiger partial charge in [-0.15, -0.1) is 0 Å². The lowest BCUT2D eigenvalue weighted by Crippen LogP contribution is -2.42. The Labute approximate surface area is 207 Å². The van der Waals surface area contributed by atoms with Crippen molar-refractivity contribution in [3.63, 3.8) is 0 Å². The topological polar surface area (TPSA) is 126 Å². The number of likely N-dealkylation sites (tertiary alicyclic amines) is 1. The van der Waals surface area contributed by atoms with Gasteiger partial charge in [0.2, 0.25) is 5.91 Å². The first-order valence-electron chi connectivity index (χ1n) is 11.9. The summed E-state index contributed by atoms with van der Waals surface area (Å²) in [6.07, 6.45) is 8.46. The maximum absolute atomic E-state index is 12.6. The first-order chi connectivity index (χ1) is 16.1. The number of pyridine rings is 1. The van der Waals surface area contributed by atoms with Gasteiger partial charge in [-0.2, -0.15) is 0 Å². The van der Waals surface area contributed by atoms with Crippen LogP contribution in [0.4, 0.5) is 10.5 Å². The number of primary amides is 1. The van der Waals surface area contributed by atoms with Gasteiger partial charge in [-0.1, -0.05) is 12.2 Å². The molecule has 0 aromatic carbocycles. The molecule has 2 aromatic heterocycles. The van der Waals surface area contributed by atoms with Crippen LogP contribution in [0.2, 0.25) is 0 Å². The number of allylic oxidation sites excluding steroid dienone is 1. The summed E-state index contributed by atoms with van der Waals surface area (Å²) in [5.74, 6) is 0.802. The van der Waals surface area contributed by atoms with Crippen molar-refractivity contribution in [1.29, 1.82) is 0 Å². The highest BCUT2D eigenvalue weighted by molar-refractivity contribution is 9.10. The van der Waals surface area contributed by atoms with E-state index in [1.165, 1.54) is 0 Å². The predicted octanol–water partition coefficient (Wildman–Crippen LogP) is 3.92. The molecule has 3 heterocycles. The number of carbonyl (C=O) groups is 2. The van der Waals surface area contributed by atoms with Crippen molar-refractivity contribution >= 4 is 44.8 Å². The molecule has 4 N–H and O–H groups in total. The molecule has 1 saturated carbocycles. The first-order valence-corrected chi connectivity index (χ1v) is 12.7. The Kier molecular flexibility index (Phi) is 5.82. The number of nitrogens with two attached hydrogens (primary N) is 1. The number of aromatic nitrogens is 3. The van der Waals surface area contributed by atoms with Crippen molar-refractivity contribution in [2.75, 3.05) is 18.4 Å². The minimum absolute atomic E-state index is 0.0610. The average molecular weight is 531 g/mol. The molecule has 1 unspecified atom stereocenters. The lowest BCUT2D eigenvalue weighted by Gasteiger charge is -2.33. The summed E-state index contributed by atoms with van der Waals surface area (Å²) < 4.78 is 6.36. The fraction of sp³-hybridized carbons (Fsp3) is 0.583. The van der Waals surface area contributed by atoms with Crippen molar-refractivity contribution in [2.45, 2.75) is 57.6 Å². The van der Waals surface area contributed by atoms with Gasteiger partial charge in [-0.05, 0) is 67.8 Å². The van der Waals surface area contributed by atoms with Gasteiger partial charge in [0.05, 0.1) is 16.1 Å². The summed E-state index contributed by atoms with van der Waals surface area (Å²) in [6, 6.07) is -0.0708. The Morgan fingerprint density at radius 2 is 2.06 bits per heavy atom. The summed E-state index contributed by atoms with van der Waals surface area (Å²) in [4.78, 5) is 39.3. The van der Waals surface area contributed by atoms with Gasteiger partial charge in [0.15, 0.2) is 5.65 Å². The van der Waals surface area contributed by atoms with Crippen LogP contribution in [0.5, 0.6) is 0 Å². The van der Waals surface area contributed by atoms with Gasteiger partial charge in [-0.3, -0.25) is 4.79 Å². The highest BCUT2D eigenvalue weighted by Gasteiger charge is 2.47. The summed E-state index contributed by atoms with van der Waals surface area (Å²) in [5, 5.41) is 3.59. The molecular formula is C24H31BrN6O3. The molecule has 2 aromatic rings. The second-order valence-corrected chi connectivity index (χ2v) is 11.5. The van der Waals surface area contributed by atoms with Crippen molar-refractivity contribution in [1.82, 2.24) is 19.9 Å². The van der Waals surface area contributed by atoms with Crippen LogP contribution >= 0.6 is 15.9 Å². The first kappa shape index (κ1) is 23.1. The van der Waals surface area contributed by atoms with Crippen LogP contribution in [0.1, 0.15) is 51.8 Å². The Balaban J connectivity index is 1.40. The van der Waals surface area contributed by atoms with E-state index >= 15 is 0 Å². The summed E-state index contributed by atoms with van der Waals surface area (Å²) in [5.41, 5.74) is 7.45. The molecule has 34 heavy (non-hydrogen) atoms. The Bertz CT molecular complexity index is 1160. The number of hydrogen-bond donors (Lipinski definition) is 3. The van der Waals surface area contributed by atoms with Gasteiger partial charge in [0, 0.05) is 31.2 Å². The highest BCUT2D eigenvalue weighted by Crippen LogP contribution is 2.46. The van der Waals surface area contributed by atoms with Crippen molar-refractivity contribution < 1.29 is 14.3 Å². The fourth-order valence-electron chi connectivity index (χ4n) is 5.55. The minimum atomic E-state index is -0.530. The Morgan fingerprint density at radius 1 is 1.29 bits per heavy atom. The molecule has 5 atom stereocenters. The number of nitrogens with one attached hydrogen (secondary N) is 2. The lowest BCUT2D eigenvalue weighted by molar-refractivity contribution is -0.122. The number of piperidine rings is 1. The van der Waals surface area contributed by atoms with E-state index in [0.717, 1.165) is 40.8 Å². The molecule has 3 aliphatic rings. The van der Waals surface area contributed by atoms with Crippen LogP contribution in [0.3, 0.4) is 0 Å². The van der Waals surface area contributed by atoms with Crippen molar-refractivity contribution in [2.24, 2.45) is 23.5 Å². The van der Waals surface area contributed by atoms with Crippen LogP contribution in [0, 0.1) is 17.8 Å². The number of nitrogens with zero attached hydrogens (tertiary/aromatic N) is 3. The van der Waals surface area contributed by atoms with E-state index in [1.54, 1.807) is 11.1 Å². The normalized spacial score (nSPS) is 28.5. The number of amides is 2. The van der Waals surface area contributed by atoms with Crippen molar-refractivity contribution in [3.05, 3.63) is 28.6 Å². The number of H-pyrrole nitrogens is 1. The van der Waals surface area contributed by atoms with Crippen molar-refractivity contribution in [3.8, 4) is 0 Å². The number of anilines is 1. The lowest BCUT2D eigenvalue weighted by atomic mass is 9.88. The van der Waals surface area contributed by atoms with E-state index in [-0.39, 0.29) is 41.7 Å². The van der Waals surface area contributed by atoms with Crippen LogP contribution < -0.4 is 11.1 Å². The van der Waals surface area contributed by atoms with E-state index in [1.807, 2.05) is 20.8 Å². The minimum Gasteiger partial charge on any atom is -0.444 e. The summed E-state index contributed by atoms with van der Waals surface area (Å²) >= 11 is 3.62. The van der Waals surface area contributed by atoms with Gasteiger partial charge in [0.25, 0.3) is 0 Å². The molecule has 2 bridgehead atoms. The smallest absolute Gasteiger partial charge is 0.410 e. The zero-order valence-electron chi connectivity index (χ0n) is 19.7. The second kappa shape index (κ2) is 8.55. The fourth-order valence-corrected chi connectivity index (χ4v) is 5.97. The molecule has 10 heteroatoms. The van der Waals surface area contributed by atoms with Gasteiger partial charge >= 0.3 is 6.09 Å². The molecular weight excluding hydrogens is 500 g/mol. The molecule has 0 spiro atoms. The number of aromatic amines is 1. The zero-order chi connectivity index (χ0) is 24.2. The molecule has 182 valence electrons. The Morgan fingerprint density at radius 3 is 2.79 bits per heavy atom. The third-order valence-corrected chi connectivity index (χ3v) is 7.65. The molecule has 9 nitrogen and oxygen atoms in total. The van der Waals surface area contributed by atoms with E-state index in [0.29, 0.717) is 18.7 Å². The number of rotatable bonds is 4. The maximum atomic E-state index is 12.6. The molecule has 0 radical (unpaired) electrons. The number of imidazole rings is 1. The zero-order valence-corrected chi connectivity index (χ0v) is 21.3. The second-order valence-electron chi connectivity index (χ2n) is 10.6. The quantitative estimate of drug-likeness (QED) is 0.514. The largest absolute Gasteiger partial charge is 0.444 e. The van der Waals surface area contributed by atoms with Crippen LogP contribution in [-0.4, -0.2) is 56.6 Å². The molecule has 5 rings (SSSR count). The van der Waals surface area contributed by atoms with Crippen LogP contribution in [-0.2, 0) is 9.53 Å². The summed E-state index contributed by atoms with van der Waals surface area (Å²) in [7, 11) is 0. The van der Waals surface area contributed by atoms with Gasteiger partial charge < -0.3 is 25.7 Å². The van der Waals surface area contributed by atoms with E-state index in [4.69, 9.17) is 15.5 Å². The van der Waals surface area contributed by atoms with Gasteiger partial charge in [-0.25, -0.2) is 14.8 Å². The number of hydrogen-bond acceptors (Lipinski definition) is 6. The number of carbonyl (C=O) groups excluding carboxylic acids is 2. The van der Waals surface area contributed by atoms with Gasteiger partial charge in [0.1, 0.15) is 16.9 Å². The molecule has 1 aliphatic heterocycles. The molecule has 2 fully saturated rings.